The van der Waals surface area contributed by atoms with Crippen LogP contribution in [0.25, 0.3) is 10.1 Å². The van der Waals surface area contributed by atoms with Crippen molar-refractivity contribution in [2.45, 2.75) is 38.3 Å². The molecule has 0 aliphatic heterocycles. The second-order valence-corrected chi connectivity index (χ2v) is 9.62. The normalized spacial score (nSPS) is 14.2. The number of hydrogen-bond acceptors (Lipinski definition) is 5. The minimum Gasteiger partial charge on any atom is -0.755 e. The summed E-state index contributed by atoms with van der Waals surface area (Å²) in [5.74, 6) is -0.439. The Hall–Kier alpha value is -2.35. The van der Waals surface area contributed by atoms with Crippen molar-refractivity contribution in [3.8, 4) is 5.75 Å². The molecule has 0 saturated carbocycles. The largest absolute Gasteiger partial charge is 0.755 e. The number of aryl methyl sites for hydroxylation is 1. The fourth-order valence-electron chi connectivity index (χ4n) is 3.54. The maximum atomic E-state index is 12.7. The maximum Gasteiger partial charge on any atom is 0.573 e. The number of hydrogen-bond donors (Lipinski definition) is 1. The predicted molar refractivity (Wildman–Crippen MR) is 122 cm³/mol. The summed E-state index contributed by atoms with van der Waals surface area (Å²) in [6, 6.07) is 11.4. The molecule has 1 aromatic heterocycles. The van der Waals surface area contributed by atoms with Crippen molar-refractivity contribution in [2.24, 2.45) is 0 Å². The Morgan fingerprint density at radius 3 is 2.31 bits per heavy atom. The highest BCUT2D eigenvalue weighted by Gasteiger charge is 2.31. The van der Waals surface area contributed by atoms with Gasteiger partial charge >= 0.3 is 12.5 Å². The second-order valence-electron chi connectivity index (χ2n) is 7.72. The molecule has 1 heterocycles. The van der Waals surface area contributed by atoms with Gasteiger partial charge in [0.1, 0.15) is 10.8 Å². The van der Waals surface area contributed by atoms with E-state index in [2.05, 4.69) is 10.1 Å². The van der Waals surface area contributed by atoms with Crippen LogP contribution in [0.4, 0.5) is 31.3 Å². The third-order valence-corrected chi connectivity index (χ3v) is 7.19. The lowest BCUT2D eigenvalue weighted by atomic mass is 10.1. The first-order valence-electron chi connectivity index (χ1n) is 10.3. The maximum absolute atomic E-state index is 12.7. The molecule has 5 nitrogen and oxygen atoms in total. The Kier molecular flexibility index (Phi) is 8.67. The Balaban J connectivity index is 1.83. The summed E-state index contributed by atoms with van der Waals surface area (Å²) in [6.45, 7) is 1.14. The van der Waals surface area contributed by atoms with E-state index in [0.29, 0.717) is 10.6 Å². The van der Waals surface area contributed by atoms with E-state index in [-0.39, 0.29) is 13.0 Å². The number of nitrogens with one attached hydrogen (secondary N) is 1. The highest BCUT2D eigenvalue weighted by Crippen LogP contribution is 2.38. The van der Waals surface area contributed by atoms with E-state index >= 15 is 0 Å². The summed E-state index contributed by atoms with van der Waals surface area (Å²) in [5.41, 5.74) is 1.21. The smallest absolute Gasteiger partial charge is 0.573 e. The van der Waals surface area contributed by atoms with Crippen LogP contribution >= 0.6 is 11.3 Å². The zero-order chi connectivity index (χ0) is 25.8. The van der Waals surface area contributed by atoms with Gasteiger partial charge in [-0.1, -0.05) is 30.3 Å². The van der Waals surface area contributed by atoms with Crippen LogP contribution in [0.3, 0.4) is 0 Å². The van der Waals surface area contributed by atoms with Crippen molar-refractivity contribution in [2.75, 3.05) is 17.4 Å². The minimum absolute atomic E-state index is 0.0712. The molecule has 1 N–H and O–H groups in total. The summed E-state index contributed by atoms with van der Waals surface area (Å²) in [4.78, 5) is 0. The summed E-state index contributed by atoms with van der Waals surface area (Å²) in [5, 5.41) is 4.05. The van der Waals surface area contributed by atoms with Crippen LogP contribution in [-0.2, 0) is 17.7 Å². The van der Waals surface area contributed by atoms with Crippen LogP contribution < -0.4 is 14.4 Å². The van der Waals surface area contributed by atoms with E-state index in [1.807, 2.05) is 24.3 Å². The third kappa shape index (κ3) is 8.09. The van der Waals surface area contributed by atoms with E-state index in [4.69, 9.17) is 0 Å². The summed E-state index contributed by atoms with van der Waals surface area (Å²) in [6.07, 6.45) is -10.3. The monoisotopic (exact) mass is 539 g/mol. The van der Waals surface area contributed by atoms with Crippen LogP contribution in [0.15, 0.2) is 48.5 Å². The standard InChI is InChI=1S/C22H22F6N2O3S2/c1-14-18-4-2-3-5-19(18)34-20(14)30(35(31)32)13-16(29-11-10-21(23,24)25)12-15-6-8-17(9-7-15)33-22(26,27)28/h2-9,16,29H,10-13H2,1H3,(H,31,32)/p-1. The average Bonchev–Trinajstić information content (AvgIpc) is 3.07. The number of benzene rings is 2. The number of anilines is 1. The van der Waals surface area contributed by atoms with E-state index < -0.39 is 48.6 Å². The van der Waals surface area contributed by atoms with Crippen LogP contribution in [0.5, 0.6) is 5.75 Å². The van der Waals surface area contributed by atoms with Gasteiger partial charge in [0.05, 0.1) is 6.42 Å². The van der Waals surface area contributed by atoms with Gasteiger partial charge in [0, 0.05) is 35.1 Å². The van der Waals surface area contributed by atoms with Gasteiger partial charge < -0.3 is 14.6 Å². The molecule has 0 aliphatic carbocycles. The van der Waals surface area contributed by atoms with Crippen LogP contribution in [0.2, 0.25) is 0 Å². The van der Waals surface area contributed by atoms with Crippen LogP contribution in [0, 0.1) is 6.92 Å². The molecule has 0 radical (unpaired) electrons. The van der Waals surface area contributed by atoms with Gasteiger partial charge in [0.25, 0.3) is 0 Å². The summed E-state index contributed by atoms with van der Waals surface area (Å²) < 4.78 is 105. The SMILES string of the molecule is Cc1c(N(CC(Cc2ccc(OC(F)(F)F)cc2)NCCC(F)(F)F)S(=O)[O-])sc2ccccc12. The Morgan fingerprint density at radius 2 is 1.74 bits per heavy atom. The van der Waals surface area contributed by atoms with E-state index in [9.17, 15) is 35.1 Å². The number of halogens is 6. The van der Waals surface area contributed by atoms with Crippen molar-refractivity contribution >= 4 is 37.7 Å². The number of thiophene rings is 1. The number of alkyl halides is 6. The van der Waals surface area contributed by atoms with Gasteiger partial charge in [0.15, 0.2) is 0 Å². The van der Waals surface area contributed by atoms with Crippen molar-refractivity contribution < 1.29 is 39.8 Å². The van der Waals surface area contributed by atoms with Crippen molar-refractivity contribution in [1.82, 2.24) is 5.32 Å². The lowest BCUT2D eigenvalue weighted by molar-refractivity contribution is -0.274. The number of ether oxygens (including phenoxy) is 1. The Labute approximate surface area is 204 Å². The van der Waals surface area contributed by atoms with Gasteiger partial charge in [0.2, 0.25) is 0 Å². The zero-order valence-corrected chi connectivity index (χ0v) is 19.9. The minimum atomic E-state index is -4.86. The molecular weight excluding hydrogens is 518 g/mol. The van der Waals surface area contributed by atoms with Crippen LogP contribution in [0.1, 0.15) is 17.5 Å². The van der Waals surface area contributed by atoms with E-state index in [0.717, 1.165) is 32.1 Å². The fourth-order valence-corrected chi connectivity index (χ4v) is 5.54. The topological polar surface area (TPSA) is 64.6 Å². The summed E-state index contributed by atoms with van der Waals surface area (Å²) >= 11 is -1.48. The number of rotatable bonds is 10. The third-order valence-electron chi connectivity index (χ3n) is 5.09. The first-order chi connectivity index (χ1) is 16.3. The number of nitrogens with zero attached hydrogens (tertiary/aromatic N) is 1. The van der Waals surface area contributed by atoms with Crippen molar-refractivity contribution in [1.29, 1.82) is 0 Å². The molecule has 2 atom stereocenters. The van der Waals surface area contributed by atoms with E-state index in [1.54, 1.807) is 6.92 Å². The predicted octanol–water partition coefficient (Wildman–Crippen LogP) is 5.86. The molecule has 2 aromatic carbocycles. The number of fused-ring (bicyclic) bond motifs is 1. The molecule has 0 saturated heterocycles. The lowest BCUT2D eigenvalue weighted by Crippen LogP contribution is -2.44. The highest BCUT2D eigenvalue weighted by atomic mass is 32.2. The molecule has 2 unspecified atom stereocenters. The molecule has 3 rings (SSSR count). The first-order valence-corrected chi connectivity index (χ1v) is 12.2. The van der Waals surface area contributed by atoms with E-state index in [1.165, 1.54) is 23.5 Å². The fraction of sp³-hybridized carbons (Fsp3) is 0.364. The Morgan fingerprint density at radius 1 is 1.09 bits per heavy atom. The molecule has 0 bridgehead atoms. The van der Waals surface area contributed by atoms with Gasteiger partial charge in [-0.15, -0.1) is 24.5 Å². The molecule has 13 heteroatoms. The lowest BCUT2D eigenvalue weighted by Gasteiger charge is -2.31. The van der Waals surface area contributed by atoms with Crippen molar-refractivity contribution in [3.63, 3.8) is 0 Å². The average molecular weight is 540 g/mol. The quantitative estimate of drug-likeness (QED) is 0.259. The van der Waals surface area contributed by atoms with Gasteiger partial charge in [-0.05, 0) is 48.1 Å². The molecule has 0 spiro atoms. The molecule has 3 aromatic rings. The summed E-state index contributed by atoms with van der Waals surface area (Å²) in [7, 11) is 0. The highest BCUT2D eigenvalue weighted by molar-refractivity contribution is 7.81. The van der Waals surface area contributed by atoms with Gasteiger partial charge in [-0.25, -0.2) is 0 Å². The van der Waals surface area contributed by atoms with Crippen molar-refractivity contribution in [3.05, 3.63) is 59.7 Å². The van der Waals surface area contributed by atoms with Gasteiger partial charge in [-0.2, -0.15) is 13.2 Å². The molecule has 192 valence electrons. The zero-order valence-electron chi connectivity index (χ0n) is 18.3. The second kappa shape index (κ2) is 11.1. The van der Waals surface area contributed by atoms with Gasteiger partial charge in [-0.3, -0.25) is 8.51 Å². The molecule has 0 amide bonds. The van der Waals surface area contributed by atoms with Crippen LogP contribution in [-0.4, -0.2) is 40.4 Å². The first kappa shape index (κ1) is 27.2. The Bertz CT molecular complexity index is 1150. The molecule has 0 aliphatic rings. The molecule has 0 fully saturated rings. The molecule has 35 heavy (non-hydrogen) atoms. The molecular formula is C22H21F6N2O3S2-.